The number of anilines is 3. The fraction of sp³-hybridized carbons (Fsp3) is 0.565. The van der Waals surface area contributed by atoms with Crippen molar-refractivity contribution in [3.63, 3.8) is 0 Å². The predicted octanol–water partition coefficient (Wildman–Crippen LogP) is 3.04. The number of hydrogen-bond donors (Lipinski definition) is 3. The molecule has 1 saturated carbocycles. The molecule has 33 heavy (non-hydrogen) atoms. The fourth-order valence-corrected chi connectivity index (χ4v) is 6.32. The Labute approximate surface area is 197 Å². The molecule has 0 spiro atoms. The van der Waals surface area contributed by atoms with Crippen LogP contribution >= 0.6 is 11.3 Å². The number of primary amides is 1. The Morgan fingerprint density at radius 1 is 1.21 bits per heavy atom. The first-order chi connectivity index (χ1) is 15.9. The molecule has 4 N–H and O–H groups in total. The maximum atomic E-state index is 11.9. The van der Waals surface area contributed by atoms with E-state index in [4.69, 9.17) is 15.7 Å². The van der Waals surface area contributed by atoms with E-state index in [2.05, 4.69) is 34.7 Å². The van der Waals surface area contributed by atoms with Crippen LogP contribution in [-0.2, 0) is 24.7 Å². The van der Waals surface area contributed by atoms with Crippen molar-refractivity contribution in [2.24, 2.45) is 18.7 Å². The van der Waals surface area contributed by atoms with E-state index >= 15 is 0 Å². The van der Waals surface area contributed by atoms with Crippen molar-refractivity contribution in [2.45, 2.75) is 57.0 Å². The van der Waals surface area contributed by atoms with Gasteiger partial charge < -0.3 is 21.3 Å². The average molecular weight is 469 g/mol. The summed E-state index contributed by atoms with van der Waals surface area (Å²) in [5.41, 5.74) is 6.86. The molecule has 1 atom stereocenters. The van der Waals surface area contributed by atoms with Crippen LogP contribution in [0.25, 0.3) is 10.2 Å². The van der Waals surface area contributed by atoms with E-state index in [1.54, 1.807) is 16.0 Å². The maximum absolute atomic E-state index is 11.9. The van der Waals surface area contributed by atoms with Gasteiger partial charge >= 0.3 is 0 Å². The van der Waals surface area contributed by atoms with E-state index in [-0.39, 0.29) is 11.8 Å². The minimum Gasteiger partial charge on any atom is -0.369 e. The van der Waals surface area contributed by atoms with Gasteiger partial charge in [0.25, 0.3) is 0 Å². The molecule has 5 rings (SSSR count). The summed E-state index contributed by atoms with van der Waals surface area (Å²) in [4.78, 5) is 26.2. The minimum absolute atomic E-state index is 0.120. The molecule has 0 unspecified atom stereocenters. The molecule has 1 fully saturated rings. The lowest BCUT2D eigenvalue weighted by Gasteiger charge is -2.33. The van der Waals surface area contributed by atoms with E-state index < -0.39 is 0 Å². The van der Waals surface area contributed by atoms with Crippen molar-refractivity contribution in [3.8, 4) is 0 Å². The zero-order valence-electron chi connectivity index (χ0n) is 19.5. The highest BCUT2D eigenvalue weighted by Crippen LogP contribution is 2.41. The standard InChI is InChI=1S/C23H32N8OS/c1-30(2)15-7-5-14(6-8-15)25-21-19-16-12-13(20(24)32)4-9-17(16)33-22(19)28-23(27-21)26-18-10-11-31(3)29-18/h10-11,13-15H,4-9,12H2,1-3H3,(H2,24,32)(H2,25,26,27,28,29)/t13-,14-,15-/m1/s1. The number of nitrogens with two attached hydrogens (primary N) is 1. The molecular weight excluding hydrogens is 436 g/mol. The van der Waals surface area contributed by atoms with Crippen LogP contribution in [0, 0.1) is 5.92 Å². The van der Waals surface area contributed by atoms with Gasteiger partial charge in [-0.15, -0.1) is 11.3 Å². The van der Waals surface area contributed by atoms with Crippen molar-refractivity contribution < 1.29 is 4.79 Å². The average Bonchev–Trinajstić information content (AvgIpc) is 3.36. The predicted molar refractivity (Wildman–Crippen MR) is 132 cm³/mol. The van der Waals surface area contributed by atoms with E-state index in [1.165, 1.54) is 23.3 Å². The number of rotatable bonds is 6. The molecule has 2 aliphatic carbocycles. The summed E-state index contributed by atoms with van der Waals surface area (Å²) in [5.74, 6) is 1.77. The summed E-state index contributed by atoms with van der Waals surface area (Å²) in [5, 5.41) is 12.5. The lowest BCUT2D eigenvalue weighted by Crippen LogP contribution is -2.36. The summed E-state index contributed by atoms with van der Waals surface area (Å²) >= 11 is 1.71. The van der Waals surface area contributed by atoms with Crippen LogP contribution in [-0.4, -0.2) is 56.7 Å². The molecule has 0 radical (unpaired) electrons. The maximum Gasteiger partial charge on any atom is 0.231 e. The van der Waals surface area contributed by atoms with Gasteiger partial charge in [-0.2, -0.15) is 10.1 Å². The Balaban J connectivity index is 1.49. The van der Waals surface area contributed by atoms with E-state index in [0.29, 0.717) is 30.3 Å². The van der Waals surface area contributed by atoms with Gasteiger partial charge in [0.15, 0.2) is 5.82 Å². The zero-order chi connectivity index (χ0) is 23.1. The molecule has 0 saturated heterocycles. The number of aryl methyl sites for hydroxylation is 2. The highest BCUT2D eigenvalue weighted by molar-refractivity contribution is 7.19. The Kier molecular flexibility index (Phi) is 5.96. The van der Waals surface area contributed by atoms with Gasteiger partial charge in [-0.05, 0) is 64.6 Å². The van der Waals surface area contributed by atoms with Gasteiger partial charge in [0.2, 0.25) is 11.9 Å². The number of nitrogens with zero attached hydrogens (tertiary/aromatic N) is 5. The Morgan fingerprint density at radius 2 is 2.00 bits per heavy atom. The van der Waals surface area contributed by atoms with Gasteiger partial charge in [0, 0.05) is 42.2 Å². The van der Waals surface area contributed by atoms with Gasteiger partial charge in [0.1, 0.15) is 10.6 Å². The lowest BCUT2D eigenvalue weighted by molar-refractivity contribution is -0.122. The first-order valence-corrected chi connectivity index (χ1v) is 12.5. The lowest BCUT2D eigenvalue weighted by atomic mass is 9.86. The molecule has 1 amide bonds. The summed E-state index contributed by atoms with van der Waals surface area (Å²) in [6.45, 7) is 0. The zero-order valence-corrected chi connectivity index (χ0v) is 20.3. The molecule has 2 aliphatic rings. The SMILES string of the molecule is Cn1ccc(Nc2nc(N[C@H]3CC[C@H](N(C)C)CC3)c3c4c(sc3n2)CC[C@@H](C(N)=O)C4)n1. The molecule has 3 heterocycles. The number of aromatic nitrogens is 4. The van der Waals surface area contributed by atoms with Crippen molar-refractivity contribution in [3.05, 3.63) is 22.7 Å². The number of fused-ring (bicyclic) bond motifs is 3. The summed E-state index contributed by atoms with van der Waals surface area (Å²) in [6, 6.07) is 2.91. The third kappa shape index (κ3) is 4.54. The van der Waals surface area contributed by atoms with Gasteiger partial charge in [-0.3, -0.25) is 9.48 Å². The van der Waals surface area contributed by atoms with E-state index in [9.17, 15) is 4.79 Å². The Hall–Kier alpha value is -2.72. The van der Waals surface area contributed by atoms with Crippen LogP contribution < -0.4 is 16.4 Å². The van der Waals surface area contributed by atoms with Gasteiger partial charge in [-0.1, -0.05) is 0 Å². The Morgan fingerprint density at radius 3 is 2.67 bits per heavy atom. The second-order valence-corrected chi connectivity index (χ2v) is 10.6. The van der Waals surface area contributed by atoms with Crippen LogP contribution in [0.15, 0.2) is 12.3 Å². The topological polar surface area (TPSA) is 114 Å². The van der Waals surface area contributed by atoms with Crippen LogP contribution in [0.3, 0.4) is 0 Å². The number of carbonyl (C=O) groups excluding carboxylic acids is 1. The molecule has 3 aromatic rings. The van der Waals surface area contributed by atoms with Crippen molar-refractivity contribution in [1.82, 2.24) is 24.6 Å². The quantitative estimate of drug-likeness (QED) is 0.509. The van der Waals surface area contributed by atoms with Crippen LogP contribution in [0.5, 0.6) is 0 Å². The molecule has 176 valence electrons. The number of nitrogens with one attached hydrogen (secondary N) is 2. The summed E-state index contributed by atoms with van der Waals surface area (Å²) in [6.07, 6.45) is 8.77. The molecule has 3 aromatic heterocycles. The second-order valence-electron chi connectivity index (χ2n) is 9.53. The second kappa shape index (κ2) is 8.90. The normalized spacial score (nSPS) is 23.0. The number of carbonyl (C=O) groups is 1. The van der Waals surface area contributed by atoms with Crippen molar-refractivity contribution in [1.29, 1.82) is 0 Å². The third-order valence-electron chi connectivity index (χ3n) is 7.03. The largest absolute Gasteiger partial charge is 0.369 e. The Bertz CT molecular complexity index is 1160. The van der Waals surface area contributed by atoms with E-state index in [1.807, 2.05) is 19.3 Å². The first-order valence-electron chi connectivity index (χ1n) is 11.7. The number of amides is 1. The van der Waals surface area contributed by atoms with Gasteiger partial charge in [-0.25, -0.2) is 4.98 Å². The summed E-state index contributed by atoms with van der Waals surface area (Å²) < 4.78 is 1.75. The molecule has 0 aromatic carbocycles. The molecule has 0 aliphatic heterocycles. The third-order valence-corrected chi connectivity index (χ3v) is 8.21. The molecule has 0 bridgehead atoms. The monoisotopic (exact) mass is 468 g/mol. The van der Waals surface area contributed by atoms with E-state index in [0.717, 1.165) is 41.7 Å². The fourth-order valence-electron chi connectivity index (χ4n) is 5.10. The van der Waals surface area contributed by atoms with Crippen LogP contribution in [0.1, 0.15) is 42.5 Å². The highest BCUT2D eigenvalue weighted by Gasteiger charge is 2.30. The molecule has 10 heteroatoms. The van der Waals surface area contributed by atoms with Crippen molar-refractivity contribution >= 4 is 45.0 Å². The van der Waals surface area contributed by atoms with Crippen LogP contribution in [0.4, 0.5) is 17.6 Å². The smallest absolute Gasteiger partial charge is 0.231 e. The van der Waals surface area contributed by atoms with Crippen LogP contribution in [0.2, 0.25) is 0 Å². The van der Waals surface area contributed by atoms with Crippen molar-refractivity contribution in [2.75, 3.05) is 24.7 Å². The van der Waals surface area contributed by atoms with Gasteiger partial charge in [0.05, 0.1) is 5.39 Å². The number of thiophene rings is 1. The molecular formula is C23H32N8OS. The molecule has 9 nitrogen and oxygen atoms in total. The highest BCUT2D eigenvalue weighted by atomic mass is 32.1. The first kappa shape index (κ1) is 22.1. The minimum atomic E-state index is -0.217. The summed E-state index contributed by atoms with van der Waals surface area (Å²) in [7, 11) is 6.21. The number of hydrogen-bond acceptors (Lipinski definition) is 8.